The van der Waals surface area contributed by atoms with E-state index >= 15 is 0 Å². The van der Waals surface area contributed by atoms with E-state index in [0.29, 0.717) is 17.0 Å². The first-order valence-corrected chi connectivity index (χ1v) is 8.36. The van der Waals surface area contributed by atoms with Crippen molar-refractivity contribution in [1.82, 2.24) is 0 Å². The van der Waals surface area contributed by atoms with Crippen LogP contribution in [0, 0.1) is 11.3 Å². The average molecular weight is 415 g/mol. The zero-order valence-electron chi connectivity index (χ0n) is 13.8. The van der Waals surface area contributed by atoms with E-state index in [1.165, 1.54) is 13.0 Å². The molecule has 0 aliphatic heterocycles. The topological polar surface area (TPSA) is 99.4 Å². The van der Waals surface area contributed by atoms with Gasteiger partial charge in [-0.1, -0.05) is 34.1 Å². The molecule has 0 heterocycles. The zero-order valence-corrected chi connectivity index (χ0v) is 15.4. The van der Waals surface area contributed by atoms with Crippen LogP contribution in [0.2, 0.25) is 0 Å². The smallest absolute Gasteiger partial charge is 0.344 e. The minimum atomic E-state index is -1.06. The number of anilines is 1. The number of amides is 1. The van der Waals surface area contributed by atoms with E-state index in [9.17, 15) is 14.9 Å². The van der Waals surface area contributed by atoms with Crippen LogP contribution in [0.1, 0.15) is 12.5 Å². The van der Waals surface area contributed by atoms with Crippen molar-refractivity contribution in [2.24, 2.45) is 0 Å². The van der Waals surface area contributed by atoms with Gasteiger partial charge < -0.3 is 15.2 Å². The number of nitriles is 1. The van der Waals surface area contributed by atoms with E-state index in [0.717, 1.165) is 4.47 Å². The van der Waals surface area contributed by atoms with E-state index in [-0.39, 0.29) is 5.57 Å². The lowest BCUT2D eigenvalue weighted by Crippen LogP contribution is -2.22. The Hall–Kier alpha value is -3.11. The third-order valence-corrected chi connectivity index (χ3v) is 3.79. The largest absolute Gasteiger partial charge is 0.479 e. The maximum Gasteiger partial charge on any atom is 0.344 e. The van der Waals surface area contributed by atoms with Gasteiger partial charge in [0.25, 0.3) is 5.91 Å². The number of rotatable bonds is 6. The van der Waals surface area contributed by atoms with Crippen molar-refractivity contribution < 1.29 is 19.4 Å². The molecule has 1 amide bonds. The summed E-state index contributed by atoms with van der Waals surface area (Å²) in [7, 11) is 0. The summed E-state index contributed by atoms with van der Waals surface area (Å²) in [5.41, 5.74) is 1.12. The molecule has 0 radical (unpaired) electrons. The van der Waals surface area contributed by atoms with Gasteiger partial charge in [-0.2, -0.15) is 5.26 Å². The van der Waals surface area contributed by atoms with Gasteiger partial charge in [0.2, 0.25) is 0 Å². The van der Waals surface area contributed by atoms with Crippen LogP contribution in [-0.2, 0) is 9.59 Å². The predicted octanol–water partition coefficient (Wildman–Crippen LogP) is 3.85. The van der Waals surface area contributed by atoms with Crippen molar-refractivity contribution in [2.75, 3.05) is 5.32 Å². The molecule has 2 aromatic rings. The van der Waals surface area contributed by atoms with Crippen LogP contribution >= 0.6 is 15.9 Å². The first kappa shape index (κ1) is 19.2. The van der Waals surface area contributed by atoms with Crippen molar-refractivity contribution in [3.05, 3.63) is 64.1 Å². The Balaban J connectivity index is 2.11. The van der Waals surface area contributed by atoms with Gasteiger partial charge in [-0.25, -0.2) is 4.79 Å². The molecule has 0 spiro atoms. The van der Waals surface area contributed by atoms with E-state index in [4.69, 9.17) is 9.84 Å². The second-order valence-corrected chi connectivity index (χ2v) is 6.22. The third kappa shape index (κ3) is 5.46. The summed E-state index contributed by atoms with van der Waals surface area (Å²) < 4.78 is 6.04. The summed E-state index contributed by atoms with van der Waals surface area (Å²) in [6.07, 6.45) is 0.472. The molecule has 0 saturated heterocycles. The molecule has 2 aromatic carbocycles. The molecule has 0 aliphatic carbocycles. The van der Waals surface area contributed by atoms with Gasteiger partial charge in [0, 0.05) is 10.2 Å². The average Bonchev–Trinajstić information content (AvgIpc) is 2.60. The summed E-state index contributed by atoms with van der Waals surface area (Å²) in [6, 6.07) is 15.3. The van der Waals surface area contributed by atoms with Gasteiger partial charge in [-0.15, -0.1) is 0 Å². The second kappa shape index (κ2) is 8.83. The number of carbonyl (C=O) groups excluding carboxylic acids is 1. The first-order valence-electron chi connectivity index (χ1n) is 7.57. The molecule has 0 aliphatic rings. The van der Waals surface area contributed by atoms with E-state index < -0.39 is 18.0 Å². The highest BCUT2D eigenvalue weighted by molar-refractivity contribution is 9.10. The molecular formula is C19H15BrN2O4. The standard InChI is InChI=1S/C19H15BrN2O4/c1-12(19(24)25)26-17-7-5-13(6-8-17)9-14(11-21)18(23)22-16-4-2-3-15(20)10-16/h2-10,12H,1H3,(H,22,23)(H,24,25)/b14-9-/t12-/m1/s1. The number of ether oxygens (including phenoxy) is 1. The number of carboxylic acids is 1. The Bertz CT molecular complexity index is 885. The molecule has 0 unspecified atom stereocenters. The fourth-order valence-electron chi connectivity index (χ4n) is 1.98. The zero-order chi connectivity index (χ0) is 19.1. The van der Waals surface area contributed by atoms with E-state index in [1.54, 1.807) is 42.5 Å². The molecule has 6 nitrogen and oxygen atoms in total. The van der Waals surface area contributed by atoms with Gasteiger partial charge in [0.15, 0.2) is 6.10 Å². The number of aliphatic carboxylic acids is 1. The van der Waals surface area contributed by atoms with Gasteiger partial charge in [0.1, 0.15) is 17.4 Å². The van der Waals surface area contributed by atoms with Crippen LogP contribution in [0.15, 0.2) is 58.6 Å². The second-order valence-electron chi connectivity index (χ2n) is 5.30. The number of benzene rings is 2. The van der Waals surface area contributed by atoms with Crippen LogP contribution in [0.5, 0.6) is 5.75 Å². The predicted molar refractivity (Wildman–Crippen MR) is 101 cm³/mol. The van der Waals surface area contributed by atoms with Crippen LogP contribution in [0.3, 0.4) is 0 Å². The molecule has 1 atom stereocenters. The quantitative estimate of drug-likeness (QED) is 0.552. The lowest BCUT2D eigenvalue weighted by molar-refractivity contribution is -0.144. The number of halogens is 1. The molecule has 0 saturated carbocycles. The number of hydrogen-bond acceptors (Lipinski definition) is 4. The van der Waals surface area contributed by atoms with Gasteiger partial charge in [-0.05, 0) is 48.9 Å². The molecular weight excluding hydrogens is 400 g/mol. The highest BCUT2D eigenvalue weighted by atomic mass is 79.9. The van der Waals surface area contributed by atoms with Crippen LogP contribution in [0.25, 0.3) is 6.08 Å². The Morgan fingerprint density at radius 1 is 1.27 bits per heavy atom. The Kier molecular flexibility index (Phi) is 6.53. The van der Waals surface area contributed by atoms with Gasteiger partial charge in [-0.3, -0.25) is 4.79 Å². The molecule has 0 aromatic heterocycles. The number of nitrogens with one attached hydrogen (secondary N) is 1. The fourth-order valence-corrected chi connectivity index (χ4v) is 2.38. The Labute approximate surface area is 158 Å². The van der Waals surface area contributed by atoms with Crippen molar-refractivity contribution in [1.29, 1.82) is 5.26 Å². The maximum atomic E-state index is 12.2. The SMILES string of the molecule is C[C@@H](Oc1ccc(/C=C(/C#N)C(=O)Nc2cccc(Br)c2)cc1)C(=O)O. The minimum Gasteiger partial charge on any atom is -0.479 e. The van der Waals surface area contributed by atoms with Gasteiger partial charge in [0.05, 0.1) is 0 Å². The molecule has 132 valence electrons. The molecule has 0 bridgehead atoms. The van der Waals surface area contributed by atoms with Gasteiger partial charge >= 0.3 is 5.97 Å². The van der Waals surface area contributed by atoms with Crippen LogP contribution in [-0.4, -0.2) is 23.1 Å². The molecule has 26 heavy (non-hydrogen) atoms. The highest BCUT2D eigenvalue weighted by Gasteiger charge is 2.13. The van der Waals surface area contributed by atoms with E-state index in [2.05, 4.69) is 21.2 Å². The monoisotopic (exact) mass is 414 g/mol. The number of hydrogen-bond donors (Lipinski definition) is 2. The maximum absolute atomic E-state index is 12.2. The normalized spacial score (nSPS) is 12.0. The minimum absolute atomic E-state index is 0.0578. The lowest BCUT2D eigenvalue weighted by Gasteiger charge is -2.10. The van der Waals surface area contributed by atoms with Crippen molar-refractivity contribution in [2.45, 2.75) is 13.0 Å². The molecule has 2 rings (SSSR count). The molecule has 0 fully saturated rings. The summed E-state index contributed by atoms with van der Waals surface area (Å²) in [5, 5.41) is 20.7. The highest BCUT2D eigenvalue weighted by Crippen LogP contribution is 2.18. The summed E-state index contributed by atoms with van der Waals surface area (Å²) in [4.78, 5) is 23.0. The number of nitrogens with zero attached hydrogens (tertiary/aromatic N) is 1. The van der Waals surface area contributed by atoms with Crippen LogP contribution < -0.4 is 10.1 Å². The summed E-state index contributed by atoms with van der Waals surface area (Å²) in [5.74, 6) is -1.20. The van der Waals surface area contributed by atoms with Crippen molar-refractivity contribution in [3.8, 4) is 11.8 Å². The van der Waals surface area contributed by atoms with Crippen LogP contribution in [0.4, 0.5) is 5.69 Å². The summed E-state index contributed by atoms with van der Waals surface area (Å²) >= 11 is 3.31. The summed E-state index contributed by atoms with van der Waals surface area (Å²) in [6.45, 7) is 1.43. The number of carboxylic acid groups (broad SMARTS) is 1. The third-order valence-electron chi connectivity index (χ3n) is 3.30. The Morgan fingerprint density at radius 2 is 1.96 bits per heavy atom. The number of carbonyl (C=O) groups is 2. The molecule has 7 heteroatoms. The molecule has 2 N–H and O–H groups in total. The van der Waals surface area contributed by atoms with Crippen molar-refractivity contribution in [3.63, 3.8) is 0 Å². The lowest BCUT2D eigenvalue weighted by atomic mass is 10.1. The fraction of sp³-hybridized carbons (Fsp3) is 0.105. The van der Waals surface area contributed by atoms with Crippen molar-refractivity contribution >= 4 is 39.6 Å². The first-order chi connectivity index (χ1) is 12.4. The van der Waals surface area contributed by atoms with E-state index in [1.807, 2.05) is 12.1 Å². The Morgan fingerprint density at radius 3 is 2.54 bits per heavy atom.